The molecule has 0 saturated heterocycles. The van der Waals surface area contributed by atoms with Crippen LogP contribution in [0.15, 0.2) is 6.20 Å². The highest BCUT2D eigenvalue weighted by Gasteiger charge is 2.18. The van der Waals surface area contributed by atoms with Crippen LogP contribution in [0.1, 0.15) is 19.0 Å². The Morgan fingerprint density at radius 3 is 2.93 bits per heavy atom. The molecule has 7 heteroatoms. The Labute approximate surface area is 92.0 Å². The van der Waals surface area contributed by atoms with Gasteiger partial charge >= 0.3 is 5.82 Å². The van der Waals surface area contributed by atoms with Crippen LogP contribution in [-0.2, 0) is 4.74 Å². The molecule has 0 aliphatic carbocycles. The van der Waals surface area contributed by atoms with E-state index in [1.54, 1.807) is 18.4 Å². The number of aromatic nitrogens is 2. The fraction of sp³-hybridized carbons (Fsp3) is 0.625. The second kappa shape index (κ2) is 5.09. The summed E-state index contributed by atoms with van der Waals surface area (Å²) in [5.74, 6) is 0.762. The number of hydrogen-bond acceptors (Lipinski definition) is 4. The molecule has 0 bridgehead atoms. The van der Waals surface area contributed by atoms with E-state index >= 15 is 0 Å². The van der Waals surface area contributed by atoms with Crippen LogP contribution in [-0.4, -0.2) is 27.0 Å². The molecule has 1 atom stereocenters. The van der Waals surface area contributed by atoms with Gasteiger partial charge in [0.15, 0.2) is 0 Å². The molecule has 0 saturated carbocycles. The molecule has 0 fully saturated rings. The Morgan fingerprint density at radius 1 is 1.80 bits per heavy atom. The van der Waals surface area contributed by atoms with Crippen molar-refractivity contribution in [3.05, 3.63) is 22.1 Å². The molecule has 0 spiro atoms. The van der Waals surface area contributed by atoms with Gasteiger partial charge in [0.25, 0.3) is 0 Å². The maximum absolute atomic E-state index is 10.5. The van der Waals surface area contributed by atoms with Crippen LogP contribution in [0.3, 0.4) is 0 Å². The maximum Gasteiger partial charge on any atom is 0.381 e. The Bertz CT molecular complexity index is 353. The fourth-order valence-corrected chi connectivity index (χ4v) is 1.31. The molecule has 0 aliphatic rings. The lowest BCUT2D eigenvalue weighted by Gasteiger charge is -2.12. The molecule has 0 aromatic carbocycles. The maximum atomic E-state index is 10.5. The number of nitro groups is 1. The third-order valence-corrected chi connectivity index (χ3v) is 2.07. The van der Waals surface area contributed by atoms with Crippen LogP contribution >= 0.6 is 11.6 Å². The van der Waals surface area contributed by atoms with E-state index in [2.05, 4.69) is 4.98 Å². The molecule has 1 aromatic heterocycles. The third kappa shape index (κ3) is 2.90. The van der Waals surface area contributed by atoms with E-state index in [9.17, 15) is 10.1 Å². The van der Waals surface area contributed by atoms with Gasteiger partial charge in [-0.2, -0.15) is 0 Å². The second-order valence-electron chi connectivity index (χ2n) is 2.97. The number of ether oxygens (including phenoxy) is 1. The van der Waals surface area contributed by atoms with Crippen molar-refractivity contribution in [1.82, 2.24) is 9.55 Å². The molecule has 1 rings (SSSR count). The normalized spacial score (nSPS) is 12.7. The summed E-state index contributed by atoms with van der Waals surface area (Å²) in [7, 11) is 0. The van der Waals surface area contributed by atoms with Crippen LogP contribution in [0.5, 0.6) is 0 Å². The van der Waals surface area contributed by atoms with E-state index in [1.165, 1.54) is 6.20 Å². The number of imidazole rings is 1. The van der Waals surface area contributed by atoms with E-state index in [-0.39, 0.29) is 12.0 Å². The summed E-state index contributed by atoms with van der Waals surface area (Å²) in [6, 6.07) is 0. The van der Waals surface area contributed by atoms with E-state index in [1.807, 2.05) is 0 Å². The summed E-state index contributed by atoms with van der Waals surface area (Å²) in [4.78, 5) is 13.7. The minimum atomic E-state index is -0.530. The zero-order chi connectivity index (χ0) is 11.4. The number of aryl methyl sites for hydroxylation is 1. The van der Waals surface area contributed by atoms with Gasteiger partial charge in [-0.1, -0.05) is 0 Å². The molecule has 15 heavy (non-hydrogen) atoms. The molecule has 6 nitrogen and oxygen atoms in total. The number of hydrogen-bond donors (Lipinski definition) is 0. The first kappa shape index (κ1) is 11.9. The van der Waals surface area contributed by atoms with Crippen LogP contribution in [0.2, 0.25) is 0 Å². The molecule has 1 heterocycles. The molecular weight excluding hydrogens is 222 g/mol. The molecule has 0 amide bonds. The molecule has 0 N–H and O–H groups in total. The van der Waals surface area contributed by atoms with Gasteiger partial charge in [0.2, 0.25) is 5.82 Å². The lowest BCUT2D eigenvalue weighted by Crippen LogP contribution is -2.11. The van der Waals surface area contributed by atoms with Crippen molar-refractivity contribution in [2.45, 2.75) is 20.1 Å². The highest BCUT2D eigenvalue weighted by atomic mass is 35.5. The van der Waals surface area contributed by atoms with Gasteiger partial charge < -0.3 is 14.9 Å². The highest BCUT2D eigenvalue weighted by molar-refractivity contribution is 6.17. The van der Waals surface area contributed by atoms with Gasteiger partial charge in [-0.25, -0.2) is 0 Å². The van der Waals surface area contributed by atoms with Crippen LogP contribution < -0.4 is 0 Å². The van der Waals surface area contributed by atoms with Gasteiger partial charge in [0, 0.05) is 12.8 Å². The second-order valence-corrected chi connectivity index (χ2v) is 3.35. The van der Waals surface area contributed by atoms with Crippen LogP contribution in [0, 0.1) is 17.0 Å². The van der Waals surface area contributed by atoms with Crippen molar-refractivity contribution in [3.63, 3.8) is 0 Å². The van der Waals surface area contributed by atoms with Gasteiger partial charge in [-0.15, -0.1) is 11.6 Å². The van der Waals surface area contributed by atoms with E-state index in [4.69, 9.17) is 16.3 Å². The summed E-state index contributed by atoms with van der Waals surface area (Å²) >= 11 is 5.47. The smallest absolute Gasteiger partial charge is 0.358 e. The monoisotopic (exact) mass is 233 g/mol. The number of rotatable bonds is 5. The SMILES string of the molecule is Cc1nc([N+](=O)[O-])cn1C(C)OCCCl. The first-order chi connectivity index (χ1) is 7.06. The van der Waals surface area contributed by atoms with Gasteiger partial charge in [0.1, 0.15) is 12.4 Å². The van der Waals surface area contributed by atoms with Gasteiger partial charge in [-0.05, 0) is 16.8 Å². The minimum Gasteiger partial charge on any atom is -0.358 e. The summed E-state index contributed by atoms with van der Waals surface area (Å²) in [6.45, 7) is 3.87. The van der Waals surface area contributed by atoms with Crippen molar-refractivity contribution in [1.29, 1.82) is 0 Å². The molecular formula is C8H12ClN3O3. The zero-order valence-corrected chi connectivity index (χ0v) is 9.27. The summed E-state index contributed by atoms with van der Waals surface area (Å²) < 4.78 is 6.92. The van der Waals surface area contributed by atoms with E-state index < -0.39 is 4.92 Å². The first-order valence-electron chi connectivity index (χ1n) is 4.43. The predicted octanol–water partition coefficient (Wildman–Crippen LogP) is 1.87. The molecule has 0 aliphatic heterocycles. The summed E-state index contributed by atoms with van der Waals surface area (Å²) in [6.07, 6.45) is 1.05. The third-order valence-electron chi connectivity index (χ3n) is 1.92. The average Bonchev–Trinajstić information content (AvgIpc) is 2.57. The van der Waals surface area contributed by atoms with Crippen molar-refractivity contribution in [2.24, 2.45) is 0 Å². The van der Waals surface area contributed by atoms with Crippen molar-refractivity contribution in [2.75, 3.05) is 12.5 Å². The number of halogens is 1. The molecule has 0 radical (unpaired) electrons. The van der Waals surface area contributed by atoms with Crippen molar-refractivity contribution in [3.8, 4) is 0 Å². The molecule has 84 valence electrons. The van der Waals surface area contributed by atoms with Gasteiger partial charge in [0.05, 0.1) is 6.61 Å². The highest BCUT2D eigenvalue weighted by Crippen LogP contribution is 2.16. The van der Waals surface area contributed by atoms with Crippen LogP contribution in [0.25, 0.3) is 0 Å². The zero-order valence-electron chi connectivity index (χ0n) is 8.51. The number of nitrogens with zero attached hydrogens (tertiary/aromatic N) is 3. The van der Waals surface area contributed by atoms with Gasteiger partial charge in [-0.3, -0.25) is 4.57 Å². The first-order valence-corrected chi connectivity index (χ1v) is 4.97. The lowest BCUT2D eigenvalue weighted by atomic mass is 10.5. The Kier molecular flexibility index (Phi) is 4.05. The quantitative estimate of drug-likeness (QED) is 0.442. The predicted molar refractivity (Wildman–Crippen MR) is 55.0 cm³/mol. The molecule has 1 unspecified atom stereocenters. The van der Waals surface area contributed by atoms with Crippen molar-refractivity contribution < 1.29 is 9.66 Å². The average molecular weight is 234 g/mol. The fourth-order valence-electron chi connectivity index (χ4n) is 1.22. The minimum absolute atomic E-state index is 0.172. The summed E-state index contributed by atoms with van der Waals surface area (Å²) in [5, 5.41) is 10.5. The molecule has 1 aromatic rings. The lowest BCUT2D eigenvalue weighted by molar-refractivity contribution is -0.389. The Morgan fingerprint density at radius 2 is 2.47 bits per heavy atom. The van der Waals surface area contributed by atoms with Crippen LogP contribution in [0.4, 0.5) is 5.82 Å². The topological polar surface area (TPSA) is 70.2 Å². The summed E-state index contributed by atoms with van der Waals surface area (Å²) in [5.41, 5.74) is 0. The van der Waals surface area contributed by atoms with Crippen molar-refractivity contribution >= 4 is 17.4 Å². The standard InChI is InChI=1S/C8H12ClN3O3/c1-6-10-8(12(13)14)5-11(6)7(2)15-4-3-9/h5,7H,3-4H2,1-2H3. The van der Waals surface area contributed by atoms with E-state index in [0.717, 1.165) is 0 Å². The largest absolute Gasteiger partial charge is 0.381 e. The van der Waals surface area contributed by atoms with E-state index in [0.29, 0.717) is 18.3 Å². The Hall–Kier alpha value is -1.14. The number of alkyl halides is 1. The Balaban J connectivity index is 2.79.